The Bertz CT molecular complexity index is 335. The standard InChI is InChI=1S/C13H19Cl2N/c1-13(2,3)12(16-4)8-9-10(14)6-5-7-11(9)15/h5-7,12,16H,8H2,1-4H3. The maximum Gasteiger partial charge on any atom is 0.0453 e. The number of likely N-dealkylation sites (N-methyl/N-ethyl adjacent to an activating group) is 1. The molecule has 0 radical (unpaired) electrons. The van der Waals surface area contributed by atoms with E-state index in [4.69, 9.17) is 23.2 Å². The number of halogens is 2. The van der Waals surface area contributed by atoms with Crippen molar-refractivity contribution in [1.82, 2.24) is 5.32 Å². The second-order valence-corrected chi connectivity index (χ2v) is 5.93. The highest BCUT2D eigenvalue weighted by Crippen LogP contribution is 2.29. The lowest BCUT2D eigenvalue weighted by Gasteiger charge is -2.31. The first-order valence-corrected chi connectivity index (χ1v) is 6.22. The van der Waals surface area contributed by atoms with Crippen molar-refractivity contribution >= 4 is 23.2 Å². The largest absolute Gasteiger partial charge is 0.316 e. The van der Waals surface area contributed by atoms with Crippen molar-refractivity contribution < 1.29 is 0 Å². The first-order valence-electron chi connectivity index (χ1n) is 5.46. The fraction of sp³-hybridized carbons (Fsp3) is 0.538. The Hall–Kier alpha value is -0.240. The SMILES string of the molecule is CNC(Cc1c(Cl)cccc1Cl)C(C)(C)C. The van der Waals surface area contributed by atoms with Crippen LogP contribution in [0.3, 0.4) is 0 Å². The number of hydrogen-bond donors (Lipinski definition) is 1. The molecule has 0 heterocycles. The second kappa shape index (κ2) is 5.39. The predicted molar refractivity (Wildman–Crippen MR) is 72.5 cm³/mol. The van der Waals surface area contributed by atoms with Gasteiger partial charge in [0.2, 0.25) is 0 Å². The molecular formula is C13H19Cl2N. The Morgan fingerprint density at radius 1 is 1.19 bits per heavy atom. The molecule has 0 aliphatic heterocycles. The van der Waals surface area contributed by atoms with E-state index in [0.29, 0.717) is 6.04 Å². The van der Waals surface area contributed by atoms with Crippen molar-refractivity contribution in [3.05, 3.63) is 33.8 Å². The van der Waals surface area contributed by atoms with Crippen LogP contribution in [0.4, 0.5) is 0 Å². The van der Waals surface area contributed by atoms with Gasteiger partial charge in [-0.15, -0.1) is 0 Å². The van der Waals surface area contributed by atoms with E-state index in [0.717, 1.165) is 22.0 Å². The third-order valence-electron chi connectivity index (χ3n) is 2.86. The van der Waals surface area contributed by atoms with Crippen molar-refractivity contribution in [3.8, 4) is 0 Å². The summed E-state index contributed by atoms with van der Waals surface area (Å²) in [6, 6.07) is 6.00. The molecule has 0 saturated carbocycles. The van der Waals surface area contributed by atoms with Crippen LogP contribution in [0.15, 0.2) is 18.2 Å². The number of rotatable bonds is 3. The molecule has 0 fully saturated rings. The van der Waals surface area contributed by atoms with E-state index < -0.39 is 0 Å². The van der Waals surface area contributed by atoms with Crippen LogP contribution >= 0.6 is 23.2 Å². The lowest BCUT2D eigenvalue weighted by molar-refractivity contribution is 0.280. The van der Waals surface area contributed by atoms with Gasteiger partial charge in [0, 0.05) is 16.1 Å². The molecule has 0 amide bonds. The minimum Gasteiger partial charge on any atom is -0.316 e. The van der Waals surface area contributed by atoms with Gasteiger partial charge in [-0.1, -0.05) is 50.0 Å². The minimum absolute atomic E-state index is 0.178. The Kier molecular flexibility index (Phi) is 4.66. The van der Waals surface area contributed by atoms with Crippen LogP contribution < -0.4 is 5.32 Å². The highest BCUT2D eigenvalue weighted by Gasteiger charge is 2.24. The zero-order valence-corrected chi connectivity index (χ0v) is 11.8. The quantitative estimate of drug-likeness (QED) is 0.860. The van der Waals surface area contributed by atoms with Crippen LogP contribution in [-0.4, -0.2) is 13.1 Å². The molecule has 16 heavy (non-hydrogen) atoms. The number of nitrogens with one attached hydrogen (secondary N) is 1. The van der Waals surface area contributed by atoms with Gasteiger partial charge in [-0.05, 0) is 36.6 Å². The molecule has 1 unspecified atom stereocenters. The average molecular weight is 260 g/mol. The van der Waals surface area contributed by atoms with E-state index >= 15 is 0 Å². The van der Waals surface area contributed by atoms with E-state index in [1.54, 1.807) is 0 Å². The third-order valence-corrected chi connectivity index (χ3v) is 3.57. The van der Waals surface area contributed by atoms with Crippen LogP contribution in [0, 0.1) is 5.41 Å². The van der Waals surface area contributed by atoms with Gasteiger partial charge in [-0.3, -0.25) is 0 Å². The molecule has 0 spiro atoms. The number of hydrogen-bond acceptors (Lipinski definition) is 1. The average Bonchev–Trinajstić information content (AvgIpc) is 2.15. The molecule has 0 aliphatic carbocycles. The van der Waals surface area contributed by atoms with Gasteiger partial charge < -0.3 is 5.32 Å². The molecule has 0 saturated heterocycles. The van der Waals surface area contributed by atoms with Crippen LogP contribution in [0.2, 0.25) is 10.0 Å². The third kappa shape index (κ3) is 3.38. The monoisotopic (exact) mass is 259 g/mol. The summed E-state index contributed by atoms with van der Waals surface area (Å²) < 4.78 is 0. The van der Waals surface area contributed by atoms with E-state index in [1.165, 1.54) is 0 Å². The Balaban J connectivity index is 2.95. The van der Waals surface area contributed by atoms with Crippen LogP contribution in [0.25, 0.3) is 0 Å². The van der Waals surface area contributed by atoms with Crippen molar-refractivity contribution in [2.45, 2.75) is 33.2 Å². The van der Waals surface area contributed by atoms with Gasteiger partial charge in [0.05, 0.1) is 0 Å². The first kappa shape index (κ1) is 13.8. The van der Waals surface area contributed by atoms with Crippen molar-refractivity contribution in [2.24, 2.45) is 5.41 Å². The maximum absolute atomic E-state index is 6.17. The van der Waals surface area contributed by atoms with Crippen molar-refractivity contribution in [1.29, 1.82) is 0 Å². The van der Waals surface area contributed by atoms with Gasteiger partial charge in [-0.2, -0.15) is 0 Å². The molecule has 90 valence electrons. The van der Waals surface area contributed by atoms with Crippen LogP contribution in [-0.2, 0) is 6.42 Å². The Morgan fingerprint density at radius 2 is 1.69 bits per heavy atom. The zero-order valence-electron chi connectivity index (χ0n) is 10.3. The number of benzene rings is 1. The predicted octanol–water partition coefficient (Wildman–Crippen LogP) is 4.17. The summed E-state index contributed by atoms with van der Waals surface area (Å²) in [5, 5.41) is 4.82. The van der Waals surface area contributed by atoms with Gasteiger partial charge in [0.15, 0.2) is 0 Å². The van der Waals surface area contributed by atoms with Gasteiger partial charge in [-0.25, -0.2) is 0 Å². The smallest absolute Gasteiger partial charge is 0.0453 e. The van der Waals surface area contributed by atoms with Gasteiger partial charge >= 0.3 is 0 Å². The normalized spacial score (nSPS) is 13.9. The topological polar surface area (TPSA) is 12.0 Å². The van der Waals surface area contributed by atoms with Crippen LogP contribution in [0.5, 0.6) is 0 Å². The molecule has 0 aliphatic rings. The molecule has 0 aromatic heterocycles. The summed E-state index contributed by atoms with van der Waals surface area (Å²) in [5.74, 6) is 0. The van der Waals surface area contributed by atoms with Crippen molar-refractivity contribution in [3.63, 3.8) is 0 Å². The molecule has 3 heteroatoms. The molecule has 1 nitrogen and oxygen atoms in total. The Labute approximate surface area is 108 Å². The van der Waals surface area contributed by atoms with E-state index in [2.05, 4.69) is 26.1 Å². The maximum atomic E-state index is 6.17. The lowest BCUT2D eigenvalue weighted by atomic mass is 9.83. The first-order chi connectivity index (χ1) is 7.36. The molecule has 1 N–H and O–H groups in total. The van der Waals surface area contributed by atoms with Crippen LogP contribution in [0.1, 0.15) is 26.3 Å². The summed E-state index contributed by atoms with van der Waals surface area (Å²) in [6.45, 7) is 6.62. The summed E-state index contributed by atoms with van der Waals surface area (Å²) in [7, 11) is 1.97. The van der Waals surface area contributed by atoms with Gasteiger partial charge in [0.1, 0.15) is 0 Å². The Morgan fingerprint density at radius 3 is 2.06 bits per heavy atom. The highest BCUT2D eigenvalue weighted by atomic mass is 35.5. The lowest BCUT2D eigenvalue weighted by Crippen LogP contribution is -2.39. The molecule has 1 aromatic rings. The molecular weight excluding hydrogens is 241 g/mol. The molecule has 1 rings (SSSR count). The zero-order chi connectivity index (χ0) is 12.3. The molecule has 0 bridgehead atoms. The van der Waals surface area contributed by atoms with Gasteiger partial charge in [0.25, 0.3) is 0 Å². The molecule has 1 aromatic carbocycles. The fourth-order valence-corrected chi connectivity index (χ4v) is 2.32. The molecule has 1 atom stereocenters. The van der Waals surface area contributed by atoms with Crippen molar-refractivity contribution in [2.75, 3.05) is 7.05 Å². The summed E-state index contributed by atoms with van der Waals surface area (Å²) in [6.07, 6.45) is 0.846. The summed E-state index contributed by atoms with van der Waals surface area (Å²) >= 11 is 12.3. The second-order valence-electron chi connectivity index (χ2n) is 5.11. The highest BCUT2D eigenvalue weighted by molar-refractivity contribution is 6.36. The summed E-state index contributed by atoms with van der Waals surface area (Å²) in [4.78, 5) is 0. The van der Waals surface area contributed by atoms with E-state index in [1.807, 2.05) is 25.2 Å². The van der Waals surface area contributed by atoms with E-state index in [9.17, 15) is 0 Å². The minimum atomic E-state index is 0.178. The van der Waals surface area contributed by atoms with E-state index in [-0.39, 0.29) is 5.41 Å². The fourth-order valence-electron chi connectivity index (χ4n) is 1.77. The summed E-state index contributed by atoms with van der Waals surface area (Å²) in [5.41, 5.74) is 1.21.